The van der Waals surface area contributed by atoms with Crippen LogP contribution >= 0.6 is 0 Å². The van der Waals surface area contributed by atoms with Gasteiger partial charge in [-0.25, -0.2) is 9.78 Å². The Balaban J connectivity index is 0.691. The van der Waals surface area contributed by atoms with Crippen molar-refractivity contribution in [1.82, 2.24) is 44.0 Å². The van der Waals surface area contributed by atoms with Crippen LogP contribution in [0.25, 0.3) is 44.1 Å². The number of aryl methyl sites for hydroxylation is 2. The van der Waals surface area contributed by atoms with Gasteiger partial charge >= 0.3 is 5.69 Å². The van der Waals surface area contributed by atoms with Gasteiger partial charge in [-0.3, -0.25) is 38.8 Å². The first-order valence-corrected chi connectivity index (χ1v) is 21.8. The third-order valence-corrected chi connectivity index (χ3v) is 13.3. The Morgan fingerprint density at radius 3 is 2.46 bits per heavy atom. The van der Waals surface area contributed by atoms with Gasteiger partial charge in [0.15, 0.2) is 0 Å². The summed E-state index contributed by atoms with van der Waals surface area (Å²) >= 11 is 0. The van der Waals surface area contributed by atoms with Crippen LogP contribution < -0.4 is 11.0 Å². The topological polar surface area (TPSA) is 152 Å². The Kier molecular flexibility index (Phi) is 10.7. The number of likely N-dealkylation sites (tertiary alicyclic amines) is 2. The molecule has 3 aliphatic rings. The SMILES string of the molecule is Cn1c(CN2CCC(c3ccc(C(=O)N4CCC(OCC#Cc5ccc6c(c5)n(C)c(=O)n6C5CCC(=O)NC5=O)CC4)cc3)CC2)cc2c(-c3ccc4[nH]ncc4c3)ccnc21. The highest BCUT2D eigenvalue weighted by atomic mass is 16.5. The highest BCUT2D eigenvalue weighted by Crippen LogP contribution is 2.34. The molecule has 1 unspecified atom stereocenters. The number of benzene rings is 3. The molecule has 3 aromatic carbocycles. The second-order valence-electron chi connectivity index (χ2n) is 17.1. The van der Waals surface area contributed by atoms with Gasteiger partial charge in [-0.2, -0.15) is 5.10 Å². The average molecular weight is 844 g/mol. The van der Waals surface area contributed by atoms with Crippen LogP contribution in [0.5, 0.6) is 0 Å². The first-order valence-electron chi connectivity index (χ1n) is 21.8. The predicted octanol–water partition coefficient (Wildman–Crippen LogP) is 5.80. The van der Waals surface area contributed by atoms with E-state index in [1.807, 2.05) is 41.6 Å². The summed E-state index contributed by atoms with van der Waals surface area (Å²) < 4.78 is 11.3. The second-order valence-corrected chi connectivity index (χ2v) is 17.1. The first-order chi connectivity index (χ1) is 30.7. The van der Waals surface area contributed by atoms with Crippen molar-refractivity contribution in [3.05, 3.63) is 118 Å². The Labute approximate surface area is 363 Å². The maximum atomic E-state index is 13.5. The van der Waals surface area contributed by atoms with E-state index in [9.17, 15) is 19.2 Å². The van der Waals surface area contributed by atoms with Gasteiger partial charge in [-0.15, -0.1) is 0 Å². The zero-order chi connectivity index (χ0) is 43.2. The quantitative estimate of drug-likeness (QED) is 0.144. The van der Waals surface area contributed by atoms with Gasteiger partial charge in [0.1, 0.15) is 18.3 Å². The highest BCUT2D eigenvalue weighted by Gasteiger charge is 2.31. The lowest BCUT2D eigenvalue weighted by atomic mass is 9.89. The zero-order valence-electron chi connectivity index (χ0n) is 35.5. The smallest absolute Gasteiger partial charge is 0.329 e. The van der Waals surface area contributed by atoms with Gasteiger partial charge in [0, 0.05) is 73.9 Å². The van der Waals surface area contributed by atoms with Crippen LogP contribution in [0.1, 0.15) is 77.7 Å². The van der Waals surface area contributed by atoms with E-state index in [0.29, 0.717) is 30.0 Å². The molecule has 3 amide bonds. The number of carbonyl (C=O) groups is 3. The Morgan fingerprint density at radius 2 is 1.67 bits per heavy atom. The summed E-state index contributed by atoms with van der Waals surface area (Å²) in [5.74, 6) is 5.97. The summed E-state index contributed by atoms with van der Waals surface area (Å²) in [6.07, 6.45) is 7.87. The maximum absolute atomic E-state index is 13.5. The molecule has 14 heteroatoms. The lowest BCUT2D eigenvalue weighted by molar-refractivity contribution is -0.135. The van der Waals surface area contributed by atoms with Gasteiger partial charge in [0.25, 0.3) is 5.91 Å². The number of nitrogens with one attached hydrogen (secondary N) is 2. The van der Waals surface area contributed by atoms with Crippen molar-refractivity contribution in [2.75, 3.05) is 32.8 Å². The number of fused-ring (bicyclic) bond motifs is 3. The fraction of sp³-hybridized carbons (Fsp3) is 0.347. The van der Waals surface area contributed by atoms with Crippen molar-refractivity contribution in [2.24, 2.45) is 14.1 Å². The average Bonchev–Trinajstić information content (AvgIpc) is 3.98. The van der Waals surface area contributed by atoms with E-state index < -0.39 is 11.9 Å². The van der Waals surface area contributed by atoms with Crippen LogP contribution in [0.15, 0.2) is 90.0 Å². The van der Waals surface area contributed by atoms with Gasteiger partial charge in [0.05, 0.1) is 28.9 Å². The minimum Gasteiger partial charge on any atom is -0.365 e. The number of aromatic amines is 1. The third-order valence-electron chi connectivity index (χ3n) is 13.3. The Hall–Kier alpha value is -6.82. The summed E-state index contributed by atoms with van der Waals surface area (Å²) in [7, 11) is 3.78. The molecule has 0 spiro atoms. The molecule has 4 aromatic heterocycles. The number of pyridine rings is 1. The second kappa shape index (κ2) is 16.8. The monoisotopic (exact) mass is 843 g/mol. The number of imidazole rings is 1. The van der Waals surface area contributed by atoms with Crippen molar-refractivity contribution in [3.8, 4) is 23.0 Å². The third kappa shape index (κ3) is 7.83. The summed E-state index contributed by atoms with van der Waals surface area (Å²) in [4.78, 5) is 60.0. The van der Waals surface area contributed by atoms with Gasteiger partial charge < -0.3 is 14.2 Å². The number of piperidine rings is 3. The highest BCUT2D eigenvalue weighted by molar-refractivity contribution is 6.00. The van der Waals surface area contributed by atoms with Gasteiger partial charge in [-0.05, 0) is 122 Å². The molecular formula is C49H49N9O5. The molecule has 7 aromatic rings. The number of hydrogen-bond donors (Lipinski definition) is 2. The number of rotatable bonds is 8. The number of imide groups is 1. The van der Waals surface area contributed by atoms with Crippen LogP contribution in [-0.4, -0.2) is 95.3 Å². The molecule has 0 saturated carbocycles. The minimum atomic E-state index is -0.731. The molecule has 0 aliphatic carbocycles. The largest absolute Gasteiger partial charge is 0.365 e. The molecule has 3 aliphatic heterocycles. The molecule has 10 rings (SSSR count). The Morgan fingerprint density at radius 1 is 0.857 bits per heavy atom. The molecule has 2 N–H and O–H groups in total. The number of aromatic nitrogens is 6. The molecule has 0 bridgehead atoms. The first kappa shape index (κ1) is 40.3. The lowest BCUT2D eigenvalue weighted by Gasteiger charge is -2.33. The number of H-pyrrole nitrogens is 1. The molecule has 63 heavy (non-hydrogen) atoms. The van der Waals surface area contributed by atoms with Crippen LogP contribution in [0, 0.1) is 11.8 Å². The Bertz CT molecular complexity index is 3020. The number of ether oxygens (including phenoxy) is 1. The van der Waals surface area contributed by atoms with E-state index in [2.05, 4.69) is 86.3 Å². The normalized spacial score (nSPS) is 18.0. The lowest BCUT2D eigenvalue weighted by Crippen LogP contribution is -2.44. The number of hydrogen-bond acceptors (Lipinski definition) is 8. The van der Waals surface area contributed by atoms with Gasteiger partial charge in [-0.1, -0.05) is 30.0 Å². The van der Waals surface area contributed by atoms with Crippen molar-refractivity contribution >= 4 is 50.7 Å². The van der Waals surface area contributed by atoms with E-state index >= 15 is 0 Å². The number of amides is 3. The fourth-order valence-corrected chi connectivity index (χ4v) is 9.71. The van der Waals surface area contributed by atoms with Gasteiger partial charge in [0.2, 0.25) is 11.8 Å². The zero-order valence-corrected chi connectivity index (χ0v) is 35.5. The van der Waals surface area contributed by atoms with E-state index in [4.69, 9.17) is 9.72 Å². The predicted molar refractivity (Wildman–Crippen MR) is 240 cm³/mol. The van der Waals surface area contributed by atoms with E-state index in [1.54, 1.807) is 13.1 Å². The van der Waals surface area contributed by atoms with Crippen molar-refractivity contribution in [2.45, 2.75) is 63.1 Å². The van der Waals surface area contributed by atoms with Crippen LogP contribution in [0.3, 0.4) is 0 Å². The molecule has 0 radical (unpaired) electrons. The van der Waals surface area contributed by atoms with E-state index in [-0.39, 0.29) is 43.1 Å². The maximum Gasteiger partial charge on any atom is 0.329 e. The van der Waals surface area contributed by atoms with Crippen LogP contribution in [0.4, 0.5) is 0 Å². The minimum absolute atomic E-state index is 0.0147. The van der Waals surface area contributed by atoms with Crippen LogP contribution in [-0.2, 0) is 35.0 Å². The molecule has 320 valence electrons. The molecule has 7 heterocycles. The molecule has 1 atom stereocenters. The molecule has 14 nitrogen and oxygen atoms in total. The fourth-order valence-electron chi connectivity index (χ4n) is 9.71. The van der Waals surface area contributed by atoms with E-state index in [1.165, 1.54) is 26.0 Å². The summed E-state index contributed by atoms with van der Waals surface area (Å²) in [5, 5.41) is 11.8. The number of carbonyl (C=O) groups excluding carboxylic acids is 3. The summed E-state index contributed by atoms with van der Waals surface area (Å²) in [5.41, 5.74) is 9.31. The standard InChI is InChI=1S/C49H49N9O5/c1-54-37(28-40-39(15-20-50-46(40)54)35-10-11-41-36(27-35)29-51-53-41)30-56-21-16-33(17-22-56)32-6-8-34(9-7-32)48(61)57-23-18-38(19-24-57)63-25-3-4-31-5-12-42-44(26-31)55(2)49(62)58(42)43-13-14-45(59)52-47(43)60/h5-12,15,20,26-29,33,38,43H,13-14,16-19,21-25,30H2,1-2H3,(H,51,53)(H,52,59,60). The van der Waals surface area contributed by atoms with Crippen molar-refractivity contribution < 1.29 is 19.1 Å². The number of nitrogens with zero attached hydrogens (tertiary/aromatic N) is 7. The van der Waals surface area contributed by atoms with Crippen molar-refractivity contribution in [1.29, 1.82) is 0 Å². The van der Waals surface area contributed by atoms with Crippen LogP contribution in [0.2, 0.25) is 0 Å². The van der Waals surface area contributed by atoms with Crippen molar-refractivity contribution in [3.63, 3.8) is 0 Å². The summed E-state index contributed by atoms with van der Waals surface area (Å²) in [6.45, 7) is 4.39. The van der Waals surface area contributed by atoms with E-state index in [0.717, 1.165) is 83.9 Å². The molecular weight excluding hydrogens is 795 g/mol. The molecule has 3 saturated heterocycles. The summed E-state index contributed by atoms with van der Waals surface area (Å²) in [6, 6.07) is 23.8. The molecule has 3 fully saturated rings.